The quantitative estimate of drug-likeness (QED) is 0.305. The maximum atomic E-state index is 12.8. The summed E-state index contributed by atoms with van der Waals surface area (Å²) in [5, 5.41) is 3.71. The molecule has 0 aliphatic heterocycles. The van der Waals surface area contributed by atoms with Crippen LogP contribution in [0.15, 0.2) is 65.4 Å². The number of pyridine rings is 1. The van der Waals surface area contributed by atoms with Crippen LogP contribution < -0.4 is 19.5 Å². The number of fused-ring (bicyclic) bond motifs is 1. The summed E-state index contributed by atoms with van der Waals surface area (Å²) in [5.41, 5.74) is 4.77. The third-order valence-electron chi connectivity index (χ3n) is 5.70. The molecule has 1 N–H and O–H groups in total. The maximum Gasteiger partial charge on any atom is 0.249 e. The minimum atomic E-state index is -0.270. The van der Waals surface area contributed by atoms with Crippen LogP contribution in [-0.2, 0) is 4.79 Å². The van der Waals surface area contributed by atoms with Gasteiger partial charge < -0.3 is 23.9 Å². The number of furan rings is 1. The molecule has 0 unspecified atom stereocenters. The van der Waals surface area contributed by atoms with E-state index in [0.29, 0.717) is 35.3 Å². The molecule has 0 aliphatic rings. The van der Waals surface area contributed by atoms with Crippen LogP contribution in [0, 0.1) is 6.92 Å². The number of rotatable bonds is 8. The molecule has 0 fully saturated rings. The number of carbonyl (C=O) groups excluding carboxylic acids is 1. The summed E-state index contributed by atoms with van der Waals surface area (Å²) in [6.07, 6.45) is 4.88. The molecule has 35 heavy (non-hydrogen) atoms. The molecule has 0 atom stereocenters. The highest BCUT2D eigenvalue weighted by atomic mass is 16.5. The van der Waals surface area contributed by atoms with Crippen LogP contribution >= 0.6 is 0 Å². The largest absolute Gasteiger partial charge is 0.497 e. The monoisotopic (exact) mass is 472 g/mol. The number of aryl methyl sites for hydroxylation is 1. The molecule has 4 aromatic rings. The van der Waals surface area contributed by atoms with Crippen LogP contribution in [0.4, 0.5) is 5.82 Å². The first kappa shape index (κ1) is 23.9. The van der Waals surface area contributed by atoms with E-state index in [4.69, 9.17) is 18.6 Å². The molecular weight excluding hydrogens is 444 g/mol. The van der Waals surface area contributed by atoms with Crippen molar-refractivity contribution in [1.29, 1.82) is 0 Å². The summed E-state index contributed by atoms with van der Waals surface area (Å²) in [5.74, 6) is 2.30. The van der Waals surface area contributed by atoms with E-state index in [1.54, 1.807) is 32.8 Å². The van der Waals surface area contributed by atoms with Crippen molar-refractivity contribution >= 4 is 28.3 Å². The first-order valence-electron chi connectivity index (χ1n) is 11.3. The topological polar surface area (TPSA) is 82.8 Å². The van der Waals surface area contributed by atoms with Gasteiger partial charge in [0.1, 0.15) is 28.6 Å². The van der Waals surface area contributed by atoms with Crippen LogP contribution in [-0.4, -0.2) is 31.7 Å². The van der Waals surface area contributed by atoms with Gasteiger partial charge in [-0.15, -0.1) is 0 Å². The van der Waals surface area contributed by atoms with Gasteiger partial charge in [-0.2, -0.15) is 0 Å². The predicted octanol–water partition coefficient (Wildman–Crippen LogP) is 6.26. The minimum Gasteiger partial charge on any atom is -0.497 e. The minimum absolute atomic E-state index is 0.270. The second-order valence-corrected chi connectivity index (χ2v) is 7.98. The third kappa shape index (κ3) is 4.99. The molecule has 2 aromatic carbocycles. The van der Waals surface area contributed by atoms with Gasteiger partial charge in [-0.1, -0.05) is 6.07 Å². The number of nitrogens with zero attached hydrogens (tertiary/aromatic N) is 1. The van der Waals surface area contributed by atoms with E-state index in [1.807, 2.05) is 63.2 Å². The summed E-state index contributed by atoms with van der Waals surface area (Å²) >= 11 is 0. The molecule has 1 amide bonds. The van der Waals surface area contributed by atoms with Crippen molar-refractivity contribution in [3.05, 3.63) is 72.1 Å². The number of allylic oxidation sites excluding steroid dienone is 1. The average Bonchev–Trinajstić information content (AvgIpc) is 3.27. The zero-order valence-electron chi connectivity index (χ0n) is 20.5. The van der Waals surface area contributed by atoms with Crippen LogP contribution in [0.25, 0.3) is 27.7 Å². The van der Waals surface area contributed by atoms with E-state index in [9.17, 15) is 4.79 Å². The van der Waals surface area contributed by atoms with Gasteiger partial charge in [0.15, 0.2) is 0 Å². The summed E-state index contributed by atoms with van der Waals surface area (Å²) in [4.78, 5) is 17.0. The van der Waals surface area contributed by atoms with Gasteiger partial charge in [0.2, 0.25) is 5.91 Å². The summed E-state index contributed by atoms with van der Waals surface area (Å²) < 4.78 is 22.8. The van der Waals surface area contributed by atoms with Crippen molar-refractivity contribution in [1.82, 2.24) is 4.98 Å². The third-order valence-corrected chi connectivity index (χ3v) is 5.70. The van der Waals surface area contributed by atoms with E-state index in [-0.39, 0.29) is 5.91 Å². The Morgan fingerprint density at radius 1 is 1.09 bits per heavy atom. The Morgan fingerprint density at radius 2 is 1.91 bits per heavy atom. The van der Waals surface area contributed by atoms with Crippen molar-refractivity contribution in [2.24, 2.45) is 0 Å². The van der Waals surface area contributed by atoms with Crippen molar-refractivity contribution in [2.75, 3.05) is 26.1 Å². The first-order chi connectivity index (χ1) is 16.9. The highest BCUT2D eigenvalue weighted by Crippen LogP contribution is 2.41. The molecule has 2 heterocycles. The molecule has 0 saturated heterocycles. The number of amides is 1. The zero-order chi connectivity index (χ0) is 24.9. The fourth-order valence-electron chi connectivity index (χ4n) is 3.91. The standard InChI is InChI=1S/C28H28N2O5/c1-6-34-25-15-26-22(23(16-35-26)21-13-19(32-4)9-10-24(21)33-5)14-20(25)18(3)12-27(31)30-28-17(2)8-7-11-29-28/h7-16H,6H2,1-5H3,(H,29,30,31)/b18-12+. The number of hydrogen-bond acceptors (Lipinski definition) is 6. The van der Waals surface area contributed by atoms with Crippen molar-refractivity contribution in [2.45, 2.75) is 20.8 Å². The van der Waals surface area contributed by atoms with Crippen molar-refractivity contribution in [3.63, 3.8) is 0 Å². The van der Waals surface area contributed by atoms with Gasteiger partial charge >= 0.3 is 0 Å². The molecule has 7 heteroatoms. The van der Waals surface area contributed by atoms with Crippen LogP contribution in [0.2, 0.25) is 0 Å². The lowest BCUT2D eigenvalue weighted by Gasteiger charge is -2.13. The van der Waals surface area contributed by atoms with Crippen molar-refractivity contribution < 1.29 is 23.4 Å². The van der Waals surface area contributed by atoms with Gasteiger partial charge in [0, 0.05) is 40.4 Å². The van der Waals surface area contributed by atoms with Crippen LogP contribution in [0.5, 0.6) is 17.2 Å². The molecule has 4 rings (SSSR count). The molecule has 180 valence electrons. The number of nitrogens with one attached hydrogen (secondary N) is 1. The molecular formula is C28H28N2O5. The zero-order valence-corrected chi connectivity index (χ0v) is 20.5. The summed E-state index contributed by atoms with van der Waals surface area (Å²) in [6, 6.07) is 13.2. The predicted molar refractivity (Wildman–Crippen MR) is 137 cm³/mol. The fourth-order valence-corrected chi connectivity index (χ4v) is 3.91. The lowest BCUT2D eigenvalue weighted by atomic mass is 9.98. The van der Waals surface area contributed by atoms with E-state index >= 15 is 0 Å². The molecule has 0 radical (unpaired) electrons. The van der Waals surface area contributed by atoms with Crippen LogP contribution in [0.3, 0.4) is 0 Å². The Balaban J connectivity index is 1.79. The van der Waals surface area contributed by atoms with Gasteiger partial charge in [0.05, 0.1) is 27.1 Å². The number of benzene rings is 2. The molecule has 7 nitrogen and oxygen atoms in total. The number of hydrogen-bond donors (Lipinski definition) is 1. The highest BCUT2D eigenvalue weighted by Gasteiger charge is 2.18. The Kier molecular flexibility index (Phi) is 7.06. The normalized spacial score (nSPS) is 11.4. The van der Waals surface area contributed by atoms with Gasteiger partial charge in [-0.3, -0.25) is 4.79 Å². The van der Waals surface area contributed by atoms with Gasteiger partial charge in [0.25, 0.3) is 0 Å². The van der Waals surface area contributed by atoms with E-state index in [0.717, 1.165) is 33.2 Å². The lowest BCUT2D eigenvalue weighted by Crippen LogP contribution is -2.11. The Morgan fingerprint density at radius 3 is 2.63 bits per heavy atom. The number of carbonyl (C=O) groups is 1. The number of anilines is 1. The van der Waals surface area contributed by atoms with Crippen LogP contribution in [0.1, 0.15) is 25.0 Å². The maximum absolute atomic E-state index is 12.8. The number of aromatic nitrogens is 1. The van der Waals surface area contributed by atoms with E-state index in [1.165, 1.54) is 0 Å². The second kappa shape index (κ2) is 10.3. The van der Waals surface area contributed by atoms with Crippen molar-refractivity contribution in [3.8, 4) is 28.4 Å². The first-order valence-corrected chi connectivity index (χ1v) is 11.3. The molecule has 0 bridgehead atoms. The smallest absolute Gasteiger partial charge is 0.249 e. The molecule has 2 aromatic heterocycles. The molecule has 0 spiro atoms. The lowest BCUT2D eigenvalue weighted by molar-refractivity contribution is -0.111. The second-order valence-electron chi connectivity index (χ2n) is 7.98. The molecule has 0 aliphatic carbocycles. The number of ether oxygens (including phenoxy) is 3. The summed E-state index contributed by atoms with van der Waals surface area (Å²) in [7, 11) is 3.25. The number of methoxy groups -OCH3 is 2. The Labute approximate surface area is 204 Å². The molecule has 0 saturated carbocycles. The van der Waals surface area contributed by atoms with E-state index in [2.05, 4.69) is 10.3 Å². The average molecular weight is 473 g/mol. The summed E-state index contributed by atoms with van der Waals surface area (Å²) in [6.45, 7) is 6.16. The Hall–Kier alpha value is -4.26. The van der Waals surface area contributed by atoms with Gasteiger partial charge in [-0.05, 0) is 62.2 Å². The van der Waals surface area contributed by atoms with E-state index < -0.39 is 0 Å². The SMILES string of the molecule is CCOc1cc2occ(-c3cc(OC)ccc3OC)c2cc1/C(C)=C/C(=O)Nc1ncccc1C. The van der Waals surface area contributed by atoms with Gasteiger partial charge in [-0.25, -0.2) is 4.98 Å². The Bertz CT molecular complexity index is 1400. The fraction of sp³-hybridized carbons (Fsp3) is 0.214. The highest BCUT2D eigenvalue weighted by molar-refractivity contribution is 6.05.